The van der Waals surface area contributed by atoms with Gasteiger partial charge in [-0.15, -0.1) is 0 Å². The van der Waals surface area contributed by atoms with Crippen molar-refractivity contribution in [3.05, 3.63) is 58.8 Å². The maximum absolute atomic E-state index is 13.1. The first-order chi connectivity index (χ1) is 13.5. The maximum Gasteiger partial charge on any atom is 0.239 e. The molecule has 0 amide bonds. The van der Waals surface area contributed by atoms with Crippen molar-refractivity contribution >= 4 is 11.0 Å². The Balaban J connectivity index is 1.87. The molecule has 2 heterocycles. The van der Waals surface area contributed by atoms with Gasteiger partial charge < -0.3 is 34.3 Å². The van der Waals surface area contributed by atoms with Gasteiger partial charge in [0.15, 0.2) is 5.76 Å². The van der Waals surface area contributed by atoms with Crippen molar-refractivity contribution in [1.82, 2.24) is 0 Å². The Hall–Kier alpha value is -2.91. The smallest absolute Gasteiger partial charge is 0.239 e. The van der Waals surface area contributed by atoms with Gasteiger partial charge in [0.2, 0.25) is 17.5 Å². The zero-order valence-electron chi connectivity index (χ0n) is 14.6. The van der Waals surface area contributed by atoms with E-state index < -0.39 is 36.6 Å². The fraction of sp³-hybridized carbons (Fsp3) is 0.250. The molecule has 0 spiro atoms. The molecule has 0 aliphatic carbocycles. The van der Waals surface area contributed by atoms with Crippen molar-refractivity contribution in [2.24, 2.45) is 0 Å². The number of hydrogen-bond acceptors (Lipinski definition) is 8. The SMILES string of the molecule is O=c1c(OC2O[C@H](CO)[C@H](O)[C@H]2O)c(-c2ccccc2)oc2cccc(O)c12. The molecule has 4 atom stereocenters. The standard InChI is InChI=1S/C20H18O8/c21-9-13-15(23)17(25)20(27-13)28-19-16(24)14-11(22)7-4-8-12(14)26-18(19)10-5-2-1-3-6-10/h1-8,13,15,17,20-23,25H,9H2/t13-,15+,17-,20?/m1/s1. The molecule has 4 N–H and O–H groups in total. The van der Waals surface area contributed by atoms with Crippen molar-refractivity contribution in [3.63, 3.8) is 0 Å². The number of hydrogen-bond donors (Lipinski definition) is 4. The van der Waals surface area contributed by atoms with E-state index in [0.717, 1.165) is 0 Å². The van der Waals surface area contributed by atoms with Gasteiger partial charge in [0.05, 0.1) is 6.61 Å². The van der Waals surface area contributed by atoms with Gasteiger partial charge in [0, 0.05) is 5.56 Å². The third-order valence-electron chi connectivity index (χ3n) is 4.62. The molecule has 2 aromatic carbocycles. The first kappa shape index (κ1) is 18.5. The minimum Gasteiger partial charge on any atom is -0.507 e. The van der Waals surface area contributed by atoms with Gasteiger partial charge in [0.1, 0.15) is 35.0 Å². The average Bonchev–Trinajstić information content (AvgIpc) is 2.98. The van der Waals surface area contributed by atoms with E-state index in [0.29, 0.717) is 5.56 Å². The molecule has 1 aliphatic rings. The second-order valence-corrected chi connectivity index (χ2v) is 6.43. The van der Waals surface area contributed by atoms with Gasteiger partial charge in [-0.3, -0.25) is 4.79 Å². The Kier molecular flexibility index (Phi) is 4.78. The fourth-order valence-corrected chi connectivity index (χ4v) is 3.17. The molecule has 0 bridgehead atoms. The lowest BCUT2D eigenvalue weighted by Crippen LogP contribution is -2.36. The number of aliphatic hydroxyl groups excluding tert-OH is 3. The molecule has 146 valence electrons. The lowest BCUT2D eigenvalue weighted by Gasteiger charge is -2.18. The highest BCUT2D eigenvalue weighted by atomic mass is 16.7. The molecular formula is C20H18O8. The summed E-state index contributed by atoms with van der Waals surface area (Å²) in [4.78, 5) is 13.1. The lowest BCUT2D eigenvalue weighted by molar-refractivity contribution is -0.117. The van der Waals surface area contributed by atoms with Crippen molar-refractivity contribution in [3.8, 4) is 22.8 Å². The molecule has 28 heavy (non-hydrogen) atoms. The summed E-state index contributed by atoms with van der Waals surface area (Å²) in [6.45, 7) is -0.531. The summed E-state index contributed by atoms with van der Waals surface area (Å²) in [6.07, 6.45) is -5.32. The Labute approximate surface area is 158 Å². The van der Waals surface area contributed by atoms with Gasteiger partial charge in [-0.2, -0.15) is 0 Å². The van der Waals surface area contributed by atoms with Crippen LogP contribution in [0, 0.1) is 0 Å². The van der Waals surface area contributed by atoms with Crippen LogP contribution in [-0.2, 0) is 4.74 Å². The van der Waals surface area contributed by atoms with Crippen LogP contribution in [0.1, 0.15) is 0 Å². The van der Waals surface area contributed by atoms with E-state index in [1.54, 1.807) is 42.5 Å². The molecule has 1 aromatic heterocycles. The molecule has 1 unspecified atom stereocenters. The summed E-state index contributed by atoms with van der Waals surface area (Å²) in [5.74, 6) is -0.478. The minimum atomic E-state index is -1.49. The third kappa shape index (κ3) is 3.02. The molecule has 3 aromatic rings. The zero-order valence-corrected chi connectivity index (χ0v) is 14.6. The number of fused-ring (bicyclic) bond motifs is 1. The molecule has 1 fully saturated rings. The van der Waals surface area contributed by atoms with Gasteiger partial charge >= 0.3 is 0 Å². The first-order valence-electron chi connectivity index (χ1n) is 8.64. The number of rotatable bonds is 4. The van der Waals surface area contributed by atoms with Crippen LogP contribution in [0.4, 0.5) is 0 Å². The van der Waals surface area contributed by atoms with Crippen molar-refractivity contribution in [2.75, 3.05) is 6.61 Å². The van der Waals surface area contributed by atoms with Crippen LogP contribution in [0.5, 0.6) is 11.5 Å². The highest BCUT2D eigenvalue weighted by Crippen LogP contribution is 2.35. The van der Waals surface area contributed by atoms with Crippen molar-refractivity contribution < 1.29 is 34.3 Å². The molecule has 8 nitrogen and oxygen atoms in total. The van der Waals surface area contributed by atoms with Gasteiger partial charge in [0.25, 0.3) is 0 Å². The predicted octanol–water partition coefficient (Wildman–Crippen LogP) is 0.983. The van der Waals surface area contributed by atoms with Gasteiger partial charge in [-0.1, -0.05) is 36.4 Å². The molecule has 1 saturated heterocycles. The van der Waals surface area contributed by atoms with Gasteiger partial charge in [-0.25, -0.2) is 0 Å². The normalized spacial score (nSPS) is 24.5. The fourth-order valence-electron chi connectivity index (χ4n) is 3.17. The topological polar surface area (TPSA) is 130 Å². The van der Waals surface area contributed by atoms with Crippen LogP contribution < -0.4 is 10.2 Å². The molecule has 8 heteroatoms. The average molecular weight is 386 g/mol. The van der Waals surface area contributed by atoms with E-state index in [4.69, 9.17) is 13.9 Å². The van der Waals surface area contributed by atoms with Crippen LogP contribution >= 0.6 is 0 Å². The summed E-state index contributed by atoms with van der Waals surface area (Å²) in [7, 11) is 0. The monoisotopic (exact) mass is 386 g/mol. The molecule has 0 radical (unpaired) electrons. The maximum atomic E-state index is 13.1. The zero-order chi connectivity index (χ0) is 19.8. The molecule has 4 rings (SSSR count). The van der Waals surface area contributed by atoms with Crippen LogP contribution in [-0.4, -0.2) is 51.6 Å². The van der Waals surface area contributed by atoms with Crippen molar-refractivity contribution in [1.29, 1.82) is 0 Å². The number of aromatic hydroxyl groups is 1. The number of phenols is 1. The highest BCUT2D eigenvalue weighted by Gasteiger charge is 2.44. The van der Waals surface area contributed by atoms with Gasteiger partial charge in [-0.05, 0) is 12.1 Å². The number of phenolic OH excluding ortho intramolecular Hbond substituents is 1. The summed E-state index contributed by atoms with van der Waals surface area (Å²) < 4.78 is 16.8. The second kappa shape index (κ2) is 7.25. The van der Waals surface area contributed by atoms with Crippen LogP contribution in [0.15, 0.2) is 57.7 Å². The molecule has 0 saturated carbocycles. The van der Waals surface area contributed by atoms with E-state index in [-0.39, 0.29) is 28.2 Å². The second-order valence-electron chi connectivity index (χ2n) is 6.43. The van der Waals surface area contributed by atoms with E-state index in [1.165, 1.54) is 6.07 Å². The van der Waals surface area contributed by atoms with Crippen LogP contribution in [0.25, 0.3) is 22.3 Å². The number of ether oxygens (including phenoxy) is 2. The van der Waals surface area contributed by atoms with E-state index >= 15 is 0 Å². The van der Waals surface area contributed by atoms with E-state index in [2.05, 4.69) is 0 Å². The van der Waals surface area contributed by atoms with Crippen LogP contribution in [0.3, 0.4) is 0 Å². The summed E-state index contributed by atoms with van der Waals surface area (Å²) in [5, 5.41) is 39.3. The summed E-state index contributed by atoms with van der Waals surface area (Å²) in [6, 6.07) is 13.1. The van der Waals surface area contributed by atoms with Crippen molar-refractivity contribution in [2.45, 2.75) is 24.6 Å². The Bertz CT molecular complexity index is 1050. The summed E-state index contributed by atoms with van der Waals surface area (Å²) >= 11 is 0. The molecular weight excluding hydrogens is 368 g/mol. The number of benzene rings is 2. The lowest BCUT2D eigenvalue weighted by atomic mass is 10.1. The Morgan fingerprint density at radius 2 is 1.75 bits per heavy atom. The van der Waals surface area contributed by atoms with E-state index in [9.17, 15) is 25.2 Å². The largest absolute Gasteiger partial charge is 0.507 e. The summed E-state index contributed by atoms with van der Waals surface area (Å²) in [5.41, 5.74) is 0.0416. The third-order valence-corrected chi connectivity index (χ3v) is 4.62. The predicted molar refractivity (Wildman–Crippen MR) is 98.0 cm³/mol. The number of aliphatic hydroxyl groups is 3. The molecule has 1 aliphatic heterocycles. The van der Waals surface area contributed by atoms with E-state index in [1.807, 2.05) is 0 Å². The highest BCUT2D eigenvalue weighted by molar-refractivity contribution is 5.86. The first-order valence-corrected chi connectivity index (χ1v) is 8.64. The minimum absolute atomic E-state index is 0.0797. The Morgan fingerprint density at radius 1 is 1.00 bits per heavy atom. The quantitative estimate of drug-likeness (QED) is 0.522. The Morgan fingerprint density at radius 3 is 2.43 bits per heavy atom. The van der Waals surface area contributed by atoms with Crippen LogP contribution in [0.2, 0.25) is 0 Å².